The lowest BCUT2D eigenvalue weighted by molar-refractivity contribution is -0.145. The summed E-state index contributed by atoms with van der Waals surface area (Å²) in [6, 6.07) is 14.8. The first-order valence-corrected chi connectivity index (χ1v) is 11.1. The summed E-state index contributed by atoms with van der Waals surface area (Å²) in [6.07, 6.45) is 0.738. The smallest absolute Gasteiger partial charge is 0.325 e. The zero-order valence-corrected chi connectivity index (χ0v) is 17.1. The van der Waals surface area contributed by atoms with Crippen LogP contribution < -0.4 is 0 Å². The Bertz CT molecular complexity index is 937. The molecular formula is C21H25FN2O4S. The fraction of sp³-hybridized carbons (Fsp3) is 0.381. The Morgan fingerprint density at radius 1 is 1.14 bits per heavy atom. The Hall–Kier alpha value is -2.29. The van der Waals surface area contributed by atoms with Crippen molar-refractivity contribution in [2.24, 2.45) is 0 Å². The molecule has 0 aromatic heterocycles. The van der Waals surface area contributed by atoms with Crippen LogP contribution in [0, 0.1) is 5.82 Å². The minimum atomic E-state index is -3.77. The molecule has 6 nitrogen and oxygen atoms in total. The summed E-state index contributed by atoms with van der Waals surface area (Å²) in [7, 11) is -2.54. The number of carbonyl (C=O) groups is 1. The molecule has 1 aliphatic heterocycles. The van der Waals surface area contributed by atoms with Gasteiger partial charge in [-0.2, -0.15) is 4.31 Å². The van der Waals surface area contributed by atoms with E-state index in [2.05, 4.69) is 0 Å². The lowest BCUT2D eigenvalue weighted by Crippen LogP contribution is -2.48. The molecule has 0 saturated carbocycles. The van der Waals surface area contributed by atoms with Gasteiger partial charge in [0, 0.05) is 31.7 Å². The van der Waals surface area contributed by atoms with Crippen molar-refractivity contribution in [3.8, 4) is 0 Å². The van der Waals surface area contributed by atoms with E-state index in [-0.39, 0.29) is 24.4 Å². The number of carbonyl (C=O) groups excluding carboxylic acids is 1. The average molecular weight is 421 g/mol. The van der Waals surface area contributed by atoms with Gasteiger partial charge in [-0.3, -0.25) is 9.69 Å². The van der Waals surface area contributed by atoms with Gasteiger partial charge in [0.2, 0.25) is 10.0 Å². The van der Waals surface area contributed by atoms with E-state index in [1.807, 2.05) is 35.2 Å². The van der Waals surface area contributed by atoms with E-state index in [0.29, 0.717) is 13.1 Å². The second kappa shape index (κ2) is 9.47. The van der Waals surface area contributed by atoms with Gasteiger partial charge < -0.3 is 4.74 Å². The van der Waals surface area contributed by atoms with Crippen LogP contribution in [0.5, 0.6) is 0 Å². The monoisotopic (exact) mass is 420 g/mol. The van der Waals surface area contributed by atoms with Gasteiger partial charge in [-0.1, -0.05) is 48.5 Å². The van der Waals surface area contributed by atoms with Gasteiger partial charge in [0.1, 0.15) is 11.9 Å². The third-order valence-electron chi connectivity index (χ3n) is 5.12. The minimum absolute atomic E-state index is 0.135. The Kier molecular flexibility index (Phi) is 7.00. The molecule has 1 atom stereocenters. The van der Waals surface area contributed by atoms with Crippen LogP contribution >= 0.6 is 0 Å². The van der Waals surface area contributed by atoms with Crippen LogP contribution in [0.15, 0.2) is 54.6 Å². The summed E-state index contributed by atoms with van der Waals surface area (Å²) < 4.78 is 46.0. The van der Waals surface area contributed by atoms with Crippen molar-refractivity contribution in [2.75, 3.05) is 32.5 Å². The lowest BCUT2D eigenvalue weighted by Gasteiger charge is -2.28. The normalized spacial score (nSPS) is 20.1. The van der Waals surface area contributed by atoms with Gasteiger partial charge >= 0.3 is 5.97 Å². The number of rotatable bonds is 6. The summed E-state index contributed by atoms with van der Waals surface area (Å²) in [5, 5.41) is 0. The Morgan fingerprint density at radius 3 is 2.52 bits per heavy atom. The number of sulfonamides is 1. The van der Waals surface area contributed by atoms with Crippen molar-refractivity contribution in [3.05, 3.63) is 71.5 Å². The second-order valence-electron chi connectivity index (χ2n) is 7.03. The first-order valence-electron chi connectivity index (χ1n) is 9.48. The van der Waals surface area contributed by atoms with E-state index in [1.165, 1.54) is 19.2 Å². The van der Waals surface area contributed by atoms with E-state index in [4.69, 9.17) is 4.74 Å². The fourth-order valence-corrected chi connectivity index (χ4v) is 5.05. The molecule has 0 amide bonds. The zero-order valence-electron chi connectivity index (χ0n) is 16.3. The first-order chi connectivity index (χ1) is 13.9. The maximum Gasteiger partial charge on any atom is 0.325 e. The molecule has 2 aromatic carbocycles. The fourth-order valence-electron chi connectivity index (χ4n) is 3.45. The van der Waals surface area contributed by atoms with Crippen molar-refractivity contribution in [2.45, 2.75) is 19.0 Å². The van der Waals surface area contributed by atoms with Gasteiger partial charge in [0.25, 0.3) is 0 Å². The van der Waals surface area contributed by atoms with Gasteiger partial charge in [-0.05, 0) is 18.1 Å². The van der Waals surface area contributed by atoms with Crippen LogP contribution in [0.4, 0.5) is 4.39 Å². The molecule has 1 aliphatic rings. The van der Waals surface area contributed by atoms with Crippen molar-refractivity contribution in [1.29, 1.82) is 0 Å². The molecule has 1 fully saturated rings. The average Bonchev–Trinajstić information content (AvgIpc) is 2.85. The predicted molar refractivity (Wildman–Crippen MR) is 108 cm³/mol. The van der Waals surface area contributed by atoms with Crippen molar-refractivity contribution < 1.29 is 22.3 Å². The highest BCUT2D eigenvalue weighted by atomic mass is 32.2. The first kappa shape index (κ1) is 21.4. The number of ether oxygens (including phenoxy) is 1. The number of esters is 1. The molecule has 0 aliphatic carbocycles. The van der Waals surface area contributed by atoms with Crippen molar-refractivity contribution in [1.82, 2.24) is 9.21 Å². The van der Waals surface area contributed by atoms with Crippen LogP contribution in [0.2, 0.25) is 0 Å². The summed E-state index contributed by atoms with van der Waals surface area (Å²) in [5.74, 6) is -1.28. The molecular weight excluding hydrogens is 395 g/mol. The van der Waals surface area contributed by atoms with Gasteiger partial charge in [0.15, 0.2) is 0 Å². The Morgan fingerprint density at radius 2 is 1.83 bits per heavy atom. The standard InChI is InChI=1S/C21H25FN2O4S/c1-28-21(25)20-16-23(12-11-17-7-3-2-4-8-17)13-14-29(26,27)24(20)15-18-9-5-6-10-19(18)22/h2-10,20H,11-16H2,1H3. The molecule has 3 rings (SSSR count). The summed E-state index contributed by atoms with van der Waals surface area (Å²) in [4.78, 5) is 14.4. The van der Waals surface area contributed by atoms with Gasteiger partial charge in [-0.15, -0.1) is 0 Å². The predicted octanol–water partition coefficient (Wildman–Crippen LogP) is 2.06. The van der Waals surface area contributed by atoms with E-state index in [9.17, 15) is 17.6 Å². The quantitative estimate of drug-likeness (QED) is 0.670. The maximum atomic E-state index is 14.1. The van der Waals surface area contributed by atoms with E-state index in [0.717, 1.165) is 16.3 Å². The van der Waals surface area contributed by atoms with E-state index < -0.39 is 27.9 Å². The minimum Gasteiger partial charge on any atom is -0.468 e. The number of nitrogens with zero attached hydrogens (tertiary/aromatic N) is 2. The molecule has 0 spiro atoms. The van der Waals surface area contributed by atoms with Crippen LogP contribution in [0.3, 0.4) is 0 Å². The molecule has 0 bridgehead atoms. The summed E-state index contributed by atoms with van der Waals surface area (Å²) in [6.45, 7) is 0.908. The maximum absolute atomic E-state index is 14.1. The number of hydrogen-bond acceptors (Lipinski definition) is 5. The summed E-state index contributed by atoms with van der Waals surface area (Å²) >= 11 is 0. The molecule has 8 heteroatoms. The van der Waals surface area contributed by atoms with Crippen molar-refractivity contribution >= 4 is 16.0 Å². The van der Waals surface area contributed by atoms with Crippen LogP contribution in [0.25, 0.3) is 0 Å². The van der Waals surface area contributed by atoms with Crippen molar-refractivity contribution in [3.63, 3.8) is 0 Å². The zero-order chi connectivity index (χ0) is 20.9. The lowest BCUT2D eigenvalue weighted by atomic mass is 10.1. The molecule has 0 radical (unpaired) electrons. The highest BCUT2D eigenvalue weighted by Gasteiger charge is 2.40. The molecule has 1 unspecified atom stereocenters. The van der Waals surface area contributed by atoms with Gasteiger partial charge in [0.05, 0.1) is 12.9 Å². The third kappa shape index (κ3) is 5.41. The molecule has 29 heavy (non-hydrogen) atoms. The number of benzene rings is 2. The van der Waals surface area contributed by atoms with Crippen LogP contribution in [-0.2, 0) is 32.5 Å². The Balaban J connectivity index is 1.83. The third-order valence-corrected chi connectivity index (χ3v) is 6.91. The molecule has 156 valence electrons. The molecule has 1 saturated heterocycles. The Labute approximate surface area is 170 Å². The summed E-state index contributed by atoms with van der Waals surface area (Å²) in [5.41, 5.74) is 1.36. The topological polar surface area (TPSA) is 66.9 Å². The highest BCUT2D eigenvalue weighted by molar-refractivity contribution is 7.89. The number of halogens is 1. The highest BCUT2D eigenvalue weighted by Crippen LogP contribution is 2.21. The second-order valence-corrected chi connectivity index (χ2v) is 9.07. The van der Waals surface area contributed by atoms with Crippen LogP contribution in [0.1, 0.15) is 11.1 Å². The van der Waals surface area contributed by atoms with Crippen LogP contribution in [-0.4, -0.2) is 62.1 Å². The SMILES string of the molecule is COC(=O)C1CN(CCc2ccccc2)CCS(=O)(=O)N1Cc1ccccc1F. The molecule has 1 heterocycles. The van der Waals surface area contributed by atoms with E-state index in [1.54, 1.807) is 12.1 Å². The molecule has 0 N–H and O–H groups in total. The number of methoxy groups -OCH3 is 1. The molecule has 2 aromatic rings. The number of hydrogen-bond donors (Lipinski definition) is 0. The van der Waals surface area contributed by atoms with Gasteiger partial charge in [-0.25, -0.2) is 12.8 Å². The van der Waals surface area contributed by atoms with E-state index >= 15 is 0 Å². The largest absolute Gasteiger partial charge is 0.468 e.